The molecule has 0 aliphatic rings. The van der Waals surface area contributed by atoms with E-state index in [4.69, 9.17) is 0 Å². The zero-order valence-electron chi connectivity index (χ0n) is 12.3. The molecule has 1 aromatic rings. The Bertz CT molecular complexity index is 656. The van der Waals surface area contributed by atoms with Gasteiger partial charge in [-0.05, 0) is 6.42 Å². The average Bonchev–Trinajstić information content (AvgIpc) is 2.42. The number of sulfonamides is 1. The first kappa shape index (κ1) is 17.8. The Labute approximate surface area is 125 Å². The molecule has 0 aromatic carbocycles. The third kappa shape index (κ3) is 5.56. The molecule has 1 N–H and O–H groups in total. The predicted molar refractivity (Wildman–Crippen MR) is 80.3 cm³/mol. The molecule has 21 heavy (non-hydrogen) atoms. The Balaban J connectivity index is 2.82. The highest BCUT2D eigenvalue weighted by Gasteiger charge is 2.22. The SMILES string of the molecule is CCCNc1ncc(S(=O)(=O)N(C)CCS(C)(=O)=O)cn1. The average molecular weight is 336 g/mol. The maximum Gasteiger partial charge on any atom is 0.245 e. The molecule has 0 atom stereocenters. The molecule has 1 heterocycles. The second-order valence-electron chi connectivity index (χ2n) is 4.63. The molecule has 0 saturated carbocycles. The molecule has 0 amide bonds. The van der Waals surface area contributed by atoms with Crippen molar-refractivity contribution in [3.8, 4) is 0 Å². The van der Waals surface area contributed by atoms with Gasteiger partial charge in [0.1, 0.15) is 14.7 Å². The van der Waals surface area contributed by atoms with Gasteiger partial charge in [-0.15, -0.1) is 0 Å². The van der Waals surface area contributed by atoms with Crippen molar-refractivity contribution in [3.05, 3.63) is 12.4 Å². The van der Waals surface area contributed by atoms with Gasteiger partial charge in [-0.3, -0.25) is 0 Å². The van der Waals surface area contributed by atoms with Crippen LogP contribution in [0.25, 0.3) is 0 Å². The lowest BCUT2D eigenvalue weighted by atomic mass is 10.5. The van der Waals surface area contributed by atoms with Crippen LogP contribution in [-0.2, 0) is 19.9 Å². The van der Waals surface area contributed by atoms with Gasteiger partial charge in [0.05, 0.1) is 18.1 Å². The molecule has 0 unspecified atom stereocenters. The van der Waals surface area contributed by atoms with Crippen molar-refractivity contribution in [1.29, 1.82) is 0 Å². The second kappa shape index (κ2) is 7.14. The number of nitrogens with zero attached hydrogens (tertiary/aromatic N) is 3. The predicted octanol–water partition coefficient (Wildman–Crippen LogP) is -0.0364. The molecular formula is C11H20N4O4S2. The minimum Gasteiger partial charge on any atom is -0.354 e. The Morgan fingerprint density at radius 1 is 1.19 bits per heavy atom. The van der Waals surface area contributed by atoms with E-state index in [1.807, 2.05) is 6.92 Å². The van der Waals surface area contributed by atoms with E-state index in [0.29, 0.717) is 12.5 Å². The third-order valence-corrected chi connectivity index (χ3v) is 5.38. The lowest BCUT2D eigenvalue weighted by molar-refractivity contribution is 0.484. The molecule has 1 aromatic heterocycles. The van der Waals surface area contributed by atoms with Crippen LogP contribution in [0.4, 0.5) is 5.95 Å². The van der Waals surface area contributed by atoms with E-state index in [9.17, 15) is 16.8 Å². The van der Waals surface area contributed by atoms with Crippen LogP contribution in [0, 0.1) is 0 Å². The lowest BCUT2D eigenvalue weighted by Crippen LogP contribution is -2.31. The Hall–Kier alpha value is -1.26. The van der Waals surface area contributed by atoms with Crippen molar-refractivity contribution in [2.45, 2.75) is 18.2 Å². The number of hydrogen-bond acceptors (Lipinski definition) is 7. The van der Waals surface area contributed by atoms with E-state index >= 15 is 0 Å². The van der Waals surface area contributed by atoms with Crippen LogP contribution in [0.2, 0.25) is 0 Å². The first-order valence-electron chi connectivity index (χ1n) is 6.37. The number of sulfone groups is 1. The smallest absolute Gasteiger partial charge is 0.245 e. The highest BCUT2D eigenvalue weighted by molar-refractivity contribution is 7.91. The summed E-state index contributed by atoms with van der Waals surface area (Å²) in [5.74, 6) is 0.120. The molecule has 0 spiro atoms. The number of rotatable bonds is 8. The normalized spacial score (nSPS) is 12.6. The monoisotopic (exact) mass is 336 g/mol. The molecular weight excluding hydrogens is 316 g/mol. The zero-order chi connectivity index (χ0) is 16.1. The highest BCUT2D eigenvalue weighted by Crippen LogP contribution is 2.13. The fourth-order valence-corrected chi connectivity index (χ4v) is 3.16. The number of hydrogen-bond donors (Lipinski definition) is 1. The summed E-state index contributed by atoms with van der Waals surface area (Å²) >= 11 is 0. The molecule has 0 saturated heterocycles. The van der Waals surface area contributed by atoms with Gasteiger partial charge in [-0.1, -0.05) is 6.92 Å². The molecule has 0 bridgehead atoms. The van der Waals surface area contributed by atoms with E-state index in [-0.39, 0.29) is 17.2 Å². The maximum atomic E-state index is 12.2. The van der Waals surface area contributed by atoms with E-state index in [2.05, 4.69) is 15.3 Å². The summed E-state index contributed by atoms with van der Waals surface area (Å²) in [6.45, 7) is 2.57. The van der Waals surface area contributed by atoms with Crippen molar-refractivity contribution in [2.75, 3.05) is 37.5 Å². The zero-order valence-corrected chi connectivity index (χ0v) is 13.9. The van der Waals surface area contributed by atoms with Crippen molar-refractivity contribution in [3.63, 3.8) is 0 Å². The number of anilines is 1. The van der Waals surface area contributed by atoms with E-state index < -0.39 is 19.9 Å². The fourth-order valence-electron chi connectivity index (χ4n) is 1.37. The minimum atomic E-state index is -3.78. The quantitative estimate of drug-likeness (QED) is 0.709. The van der Waals surface area contributed by atoms with Crippen molar-refractivity contribution in [2.24, 2.45) is 0 Å². The van der Waals surface area contributed by atoms with Gasteiger partial charge in [0, 0.05) is 26.4 Å². The minimum absolute atomic E-state index is 0.0689. The molecule has 0 radical (unpaired) electrons. The Morgan fingerprint density at radius 3 is 2.24 bits per heavy atom. The lowest BCUT2D eigenvalue weighted by Gasteiger charge is -2.16. The molecule has 0 aliphatic heterocycles. The molecule has 0 aliphatic carbocycles. The molecule has 0 fully saturated rings. The van der Waals surface area contributed by atoms with Gasteiger partial charge in [0.2, 0.25) is 16.0 Å². The van der Waals surface area contributed by atoms with Crippen molar-refractivity contribution in [1.82, 2.24) is 14.3 Å². The van der Waals surface area contributed by atoms with Gasteiger partial charge >= 0.3 is 0 Å². The van der Waals surface area contributed by atoms with Gasteiger partial charge in [-0.25, -0.2) is 26.8 Å². The van der Waals surface area contributed by atoms with Crippen LogP contribution in [0.3, 0.4) is 0 Å². The second-order valence-corrected chi connectivity index (χ2v) is 8.93. The van der Waals surface area contributed by atoms with Crippen molar-refractivity contribution < 1.29 is 16.8 Å². The maximum absolute atomic E-state index is 12.2. The summed E-state index contributed by atoms with van der Waals surface area (Å²) in [7, 11) is -5.69. The summed E-state index contributed by atoms with van der Waals surface area (Å²) in [4.78, 5) is 7.79. The van der Waals surface area contributed by atoms with E-state index in [0.717, 1.165) is 17.0 Å². The topological polar surface area (TPSA) is 109 Å². The van der Waals surface area contributed by atoms with E-state index in [1.165, 1.54) is 19.4 Å². The summed E-state index contributed by atoms with van der Waals surface area (Å²) in [5, 5.41) is 2.94. The van der Waals surface area contributed by atoms with Crippen LogP contribution in [0.15, 0.2) is 17.3 Å². The van der Waals surface area contributed by atoms with Crippen LogP contribution in [-0.4, -0.2) is 63.3 Å². The summed E-state index contributed by atoms with van der Waals surface area (Å²) in [6.07, 6.45) is 4.37. The van der Waals surface area contributed by atoms with Crippen molar-refractivity contribution >= 4 is 25.8 Å². The van der Waals surface area contributed by atoms with Gasteiger partial charge in [0.25, 0.3) is 0 Å². The third-order valence-electron chi connectivity index (χ3n) is 2.65. The van der Waals surface area contributed by atoms with Crippen LogP contribution in [0.1, 0.15) is 13.3 Å². The molecule has 8 nitrogen and oxygen atoms in total. The number of nitrogens with one attached hydrogen (secondary N) is 1. The Morgan fingerprint density at radius 2 is 1.76 bits per heavy atom. The summed E-state index contributed by atoms with van der Waals surface area (Å²) in [5.41, 5.74) is 0. The van der Waals surface area contributed by atoms with Crippen LogP contribution < -0.4 is 5.32 Å². The Kier molecular flexibility index (Phi) is 6.05. The fraction of sp³-hybridized carbons (Fsp3) is 0.636. The standard InChI is InChI=1S/C11H20N4O4S2/c1-4-5-12-11-13-8-10(9-14-11)21(18,19)15(2)6-7-20(3,16)17/h8-9H,4-7H2,1-3H3,(H,12,13,14). The van der Waals surface area contributed by atoms with Gasteiger partial charge in [-0.2, -0.15) is 4.31 Å². The van der Waals surface area contributed by atoms with Crippen LogP contribution in [0.5, 0.6) is 0 Å². The van der Waals surface area contributed by atoms with Gasteiger partial charge < -0.3 is 5.32 Å². The molecule has 10 heteroatoms. The van der Waals surface area contributed by atoms with Crippen LogP contribution >= 0.6 is 0 Å². The first-order chi connectivity index (χ1) is 9.66. The molecule has 1 rings (SSSR count). The van der Waals surface area contributed by atoms with Gasteiger partial charge in [0.15, 0.2) is 0 Å². The first-order valence-corrected chi connectivity index (χ1v) is 9.87. The largest absolute Gasteiger partial charge is 0.354 e. The molecule has 120 valence electrons. The summed E-state index contributed by atoms with van der Waals surface area (Å²) in [6, 6.07) is 0. The summed E-state index contributed by atoms with van der Waals surface area (Å²) < 4.78 is 47.6. The highest BCUT2D eigenvalue weighted by atomic mass is 32.2. The van der Waals surface area contributed by atoms with E-state index in [1.54, 1.807) is 0 Å². The number of aromatic nitrogens is 2.